The molecule has 17 heavy (non-hydrogen) atoms. The van der Waals surface area contributed by atoms with Gasteiger partial charge in [0, 0.05) is 16.7 Å². The quantitative estimate of drug-likeness (QED) is 0.437. The lowest BCUT2D eigenvalue weighted by atomic mass is 10.2. The van der Waals surface area contributed by atoms with E-state index < -0.39 is 4.92 Å². The minimum Gasteiger partial charge on any atom is -0.473 e. The molecule has 1 rings (SSSR count). The third-order valence-corrected chi connectivity index (χ3v) is 2.67. The van der Waals surface area contributed by atoms with E-state index in [0.29, 0.717) is 11.1 Å². The van der Waals surface area contributed by atoms with E-state index in [4.69, 9.17) is 4.74 Å². The molecular weight excluding hydrogens is 288 g/mol. The monoisotopic (exact) mass is 302 g/mol. The number of unbranched alkanes of at least 4 members (excludes halogenated alkanes) is 3. The van der Waals surface area contributed by atoms with Crippen LogP contribution in [0.5, 0.6) is 5.88 Å². The fourth-order valence-electron chi connectivity index (χ4n) is 1.36. The minimum absolute atomic E-state index is 0.0923. The van der Waals surface area contributed by atoms with Crippen molar-refractivity contribution < 1.29 is 9.66 Å². The smallest absolute Gasteiger partial charge is 0.332 e. The van der Waals surface area contributed by atoms with Crippen molar-refractivity contribution in [3.63, 3.8) is 0 Å². The van der Waals surface area contributed by atoms with Crippen molar-refractivity contribution in [3.05, 3.63) is 26.9 Å². The van der Waals surface area contributed by atoms with Gasteiger partial charge in [0.2, 0.25) is 0 Å². The van der Waals surface area contributed by atoms with Gasteiger partial charge >= 0.3 is 5.69 Å². The van der Waals surface area contributed by atoms with Crippen molar-refractivity contribution in [2.24, 2.45) is 0 Å². The number of aromatic nitrogens is 1. The standard InChI is InChI=1S/C11H15BrN2O3/c1-2-3-4-5-6-17-11-10(14(15)16)7-9(12)8-13-11/h7-8H,2-6H2,1H3. The van der Waals surface area contributed by atoms with E-state index in [0.717, 1.165) is 25.7 Å². The zero-order valence-electron chi connectivity index (χ0n) is 9.69. The average Bonchev–Trinajstić information content (AvgIpc) is 2.30. The van der Waals surface area contributed by atoms with Crippen molar-refractivity contribution in [3.8, 4) is 5.88 Å². The van der Waals surface area contributed by atoms with Gasteiger partial charge in [-0.05, 0) is 22.4 Å². The summed E-state index contributed by atoms with van der Waals surface area (Å²) in [5.74, 6) is 0.0923. The zero-order valence-corrected chi connectivity index (χ0v) is 11.3. The fourth-order valence-corrected chi connectivity index (χ4v) is 1.67. The van der Waals surface area contributed by atoms with Crippen LogP contribution in [0.3, 0.4) is 0 Å². The number of ether oxygens (including phenoxy) is 1. The van der Waals surface area contributed by atoms with E-state index in [-0.39, 0.29) is 11.6 Å². The van der Waals surface area contributed by atoms with Gasteiger partial charge in [-0.3, -0.25) is 10.1 Å². The third kappa shape index (κ3) is 4.68. The highest BCUT2D eigenvalue weighted by Crippen LogP contribution is 2.27. The molecule has 0 amide bonds. The normalized spacial score (nSPS) is 10.2. The third-order valence-electron chi connectivity index (χ3n) is 2.23. The Morgan fingerprint density at radius 1 is 1.47 bits per heavy atom. The maximum atomic E-state index is 10.8. The Balaban J connectivity index is 2.55. The number of hydrogen-bond acceptors (Lipinski definition) is 4. The van der Waals surface area contributed by atoms with Crippen LogP contribution >= 0.6 is 15.9 Å². The molecule has 1 aromatic rings. The van der Waals surface area contributed by atoms with Crippen LogP contribution in [0.2, 0.25) is 0 Å². The number of halogens is 1. The molecule has 0 N–H and O–H groups in total. The Morgan fingerprint density at radius 2 is 2.24 bits per heavy atom. The Hall–Kier alpha value is -1.17. The van der Waals surface area contributed by atoms with Crippen LogP contribution < -0.4 is 4.74 Å². The molecule has 0 saturated heterocycles. The van der Waals surface area contributed by atoms with E-state index >= 15 is 0 Å². The maximum Gasteiger partial charge on any atom is 0.332 e. The van der Waals surface area contributed by atoms with E-state index in [1.165, 1.54) is 12.3 Å². The van der Waals surface area contributed by atoms with Crippen LogP contribution in [0, 0.1) is 10.1 Å². The molecule has 0 radical (unpaired) electrons. The van der Waals surface area contributed by atoms with Gasteiger partial charge in [-0.15, -0.1) is 0 Å². The van der Waals surface area contributed by atoms with Gasteiger partial charge in [-0.25, -0.2) is 4.98 Å². The van der Waals surface area contributed by atoms with Crippen molar-refractivity contribution >= 4 is 21.6 Å². The first-order valence-electron chi connectivity index (χ1n) is 5.58. The first-order chi connectivity index (χ1) is 8.15. The Labute approximate surface area is 108 Å². The van der Waals surface area contributed by atoms with E-state index in [1.807, 2.05) is 0 Å². The fraction of sp³-hybridized carbons (Fsp3) is 0.545. The molecular formula is C11H15BrN2O3. The molecule has 1 aromatic heterocycles. The van der Waals surface area contributed by atoms with Crippen LogP contribution in [-0.2, 0) is 0 Å². The number of rotatable bonds is 7. The van der Waals surface area contributed by atoms with Crippen molar-refractivity contribution in [2.75, 3.05) is 6.61 Å². The average molecular weight is 303 g/mol. The molecule has 1 heterocycles. The Kier molecular flexibility index (Phi) is 5.90. The number of nitrogens with zero attached hydrogens (tertiary/aromatic N) is 2. The molecule has 0 aliphatic carbocycles. The molecule has 0 unspecified atom stereocenters. The molecule has 0 spiro atoms. The summed E-state index contributed by atoms with van der Waals surface area (Å²) in [7, 11) is 0. The summed E-state index contributed by atoms with van der Waals surface area (Å²) in [5, 5.41) is 10.8. The van der Waals surface area contributed by atoms with E-state index in [9.17, 15) is 10.1 Å². The molecule has 0 aromatic carbocycles. The van der Waals surface area contributed by atoms with Gasteiger partial charge in [0.25, 0.3) is 5.88 Å². The van der Waals surface area contributed by atoms with Gasteiger partial charge < -0.3 is 4.74 Å². The predicted molar refractivity (Wildman–Crippen MR) is 68.2 cm³/mol. The van der Waals surface area contributed by atoms with Crippen LogP contribution in [-0.4, -0.2) is 16.5 Å². The first kappa shape index (κ1) is 13.9. The second-order valence-electron chi connectivity index (χ2n) is 3.64. The first-order valence-corrected chi connectivity index (χ1v) is 6.37. The summed E-state index contributed by atoms with van der Waals surface area (Å²) in [6.07, 6.45) is 5.76. The number of pyridine rings is 1. The second-order valence-corrected chi connectivity index (χ2v) is 4.56. The van der Waals surface area contributed by atoms with E-state index in [2.05, 4.69) is 27.8 Å². The SMILES string of the molecule is CCCCCCOc1ncc(Br)cc1[N+](=O)[O-]. The summed E-state index contributed by atoms with van der Waals surface area (Å²) in [4.78, 5) is 14.2. The van der Waals surface area contributed by atoms with E-state index in [1.54, 1.807) is 0 Å². The van der Waals surface area contributed by atoms with Gasteiger partial charge in [0.05, 0.1) is 11.5 Å². The highest BCUT2D eigenvalue weighted by atomic mass is 79.9. The molecule has 0 aliphatic heterocycles. The molecule has 5 nitrogen and oxygen atoms in total. The lowest BCUT2D eigenvalue weighted by Gasteiger charge is -2.05. The maximum absolute atomic E-state index is 10.8. The van der Waals surface area contributed by atoms with Crippen molar-refractivity contribution in [2.45, 2.75) is 32.6 Å². The van der Waals surface area contributed by atoms with Crippen LogP contribution in [0.15, 0.2) is 16.7 Å². The minimum atomic E-state index is -0.487. The highest BCUT2D eigenvalue weighted by Gasteiger charge is 2.17. The largest absolute Gasteiger partial charge is 0.473 e. The second kappa shape index (κ2) is 7.21. The Bertz CT molecular complexity index is 385. The topological polar surface area (TPSA) is 65.3 Å². The highest BCUT2D eigenvalue weighted by molar-refractivity contribution is 9.10. The summed E-state index contributed by atoms with van der Waals surface area (Å²) >= 11 is 3.14. The number of nitro groups is 1. The van der Waals surface area contributed by atoms with Gasteiger partial charge in [-0.1, -0.05) is 26.2 Å². The van der Waals surface area contributed by atoms with Gasteiger partial charge in [0.1, 0.15) is 0 Å². The summed E-state index contributed by atoms with van der Waals surface area (Å²) in [6.45, 7) is 2.59. The van der Waals surface area contributed by atoms with Crippen molar-refractivity contribution in [1.29, 1.82) is 0 Å². The lowest BCUT2D eigenvalue weighted by molar-refractivity contribution is -0.386. The lowest BCUT2D eigenvalue weighted by Crippen LogP contribution is -2.02. The van der Waals surface area contributed by atoms with Crippen molar-refractivity contribution in [1.82, 2.24) is 4.98 Å². The molecule has 0 atom stereocenters. The number of hydrogen-bond donors (Lipinski definition) is 0. The molecule has 0 saturated carbocycles. The van der Waals surface area contributed by atoms with Gasteiger partial charge in [-0.2, -0.15) is 0 Å². The molecule has 6 heteroatoms. The van der Waals surface area contributed by atoms with Crippen LogP contribution in [0.4, 0.5) is 5.69 Å². The summed E-state index contributed by atoms with van der Waals surface area (Å²) < 4.78 is 5.90. The summed E-state index contributed by atoms with van der Waals surface area (Å²) in [6, 6.07) is 1.40. The van der Waals surface area contributed by atoms with Gasteiger partial charge in [0.15, 0.2) is 0 Å². The van der Waals surface area contributed by atoms with Crippen LogP contribution in [0.25, 0.3) is 0 Å². The predicted octanol–water partition coefficient (Wildman–Crippen LogP) is 3.71. The van der Waals surface area contributed by atoms with Crippen LogP contribution in [0.1, 0.15) is 32.6 Å². The molecule has 0 aliphatic rings. The molecule has 94 valence electrons. The molecule has 0 bridgehead atoms. The zero-order chi connectivity index (χ0) is 12.7. The molecule has 0 fully saturated rings. The Morgan fingerprint density at radius 3 is 2.88 bits per heavy atom. The summed E-state index contributed by atoms with van der Waals surface area (Å²) in [5.41, 5.74) is -0.102.